The van der Waals surface area contributed by atoms with Crippen LogP contribution in [0.5, 0.6) is 0 Å². The van der Waals surface area contributed by atoms with Crippen molar-refractivity contribution >= 4 is 29.9 Å². The second kappa shape index (κ2) is 9.68. The maximum absolute atomic E-state index is 13.3. The topological polar surface area (TPSA) is 50.1 Å². The third-order valence-corrected chi connectivity index (χ3v) is 5.47. The Labute approximate surface area is 167 Å². The lowest BCUT2D eigenvalue weighted by Gasteiger charge is -2.24. The first-order valence-electron chi connectivity index (χ1n) is 8.63. The fraction of sp³-hybridized carbons (Fsp3) is 0.368. The first-order valence-corrected chi connectivity index (χ1v) is 9.45. The highest BCUT2D eigenvalue weighted by atomic mass is 35.5. The van der Waals surface area contributed by atoms with Gasteiger partial charge in [-0.05, 0) is 42.3 Å². The summed E-state index contributed by atoms with van der Waals surface area (Å²) in [4.78, 5) is 1.71. The highest BCUT2D eigenvalue weighted by Crippen LogP contribution is 2.45. The summed E-state index contributed by atoms with van der Waals surface area (Å²) >= 11 is 1.41. The molecule has 1 aliphatic rings. The van der Waals surface area contributed by atoms with E-state index in [0.717, 1.165) is 35.5 Å². The van der Waals surface area contributed by atoms with E-state index in [1.165, 1.54) is 23.9 Å². The van der Waals surface area contributed by atoms with Crippen molar-refractivity contribution in [2.45, 2.75) is 28.8 Å². The van der Waals surface area contributed by atoms with Crippen LogP contribution in [0.3, 0.4) is 0 Å². The number of hydrogen-bond donors (Lipinski definition) is 3. The van der Waals surface area contributed by atoms with Crippen LogP contribution < -0.4 is 16.4 Å². The molecule has 0 amide bonds. The van der Waals surface area contributed by atoms with Gasteiger partial charge in [-0.3, -0.25) is 0 Å². The van der Waals surface area contributed by atoms with Gasteiger partial charge in [0.2, 0.25) is 0 Å². The molecule has 27 heavy (non-hydrogen) atoms. The van der Waals surface area contributed by atoms with E-state index in [0.29, 0.717) is 30.1 Å². The molecule has 0 saturated heterocycles. The highest BCUT2D eigenvalue weighted by molar-refractivity contribution is 7.99. The second-order valence-electron chi connectivity index (χ2n) is 6.20. The molecule has 1 aliphatic heterocycles. The third kappa shape index (κ3) is 5.54. The van der Waals surface area contributed by atoms with Gasteiger partial charge in [-0.2, -0.15) is 13.2 Å². The zero-order chi connectivity index (χ0) is 18.6. The molecule has 3 rings (SSSR count). The Morgan fingerprint density at radius 1 is 1.04 bits per heavy atom. The number of rotatable bonds is 7. The summed E-state index contributed by atoms with van der Waals surface area (Å²) in [6.07, 6.45) is -2.90. The van der Waals surface area contributed by atoms with Gasteiger partial charge in [-0.1, -0.05) is 30.0 Å². The molecule has 4 N–H and O–H groups in total. The Morgan fingerprint density at radius 3 is 2.56 bits per heavy atom. The van der Waals surface area contributed by atoms with Crippen molar-refractivity contribution in [3.8, 4) is 0 Å². The zero-order valence-corrected chi connectivity index (χ0v) is 16.4. The maximum Gasteiger partial charge on any atom is 0.416 e. The van der Waals surface area contributed by atoms with Crippen LogP contribution >= 0.6 is 24.2 Å². The number of anilines is 1. The minimum atomic E-state index is -4.36. The van der Waals surface area contributed by atoms with Crippen molar-refractivity contribution in [2.24, 2.45) is 5.73 Å². The fourth-order valence-corrected chi connectivity index (χ4v) is 4.11. The molecule has 1 heterocycles. The Balaban J connectivity index is 0.00000261. The van der Waals surface area contributed by atoms with Crippen molar-refractivity contribution in [2.75, 3.05) is 31.5 Å². The van der Waals surface area contributed by atoms with Gasteiger partial charge in [-0.15, -0.1) is 12.4 Å². The van der Waals surface area contributed by atoms with Crippen LogP contribution in [0.15, 0.2) is 46.2 Å². The van der Waals surface area contributed by atoms with Gasteiger partial charge in [0.25, 0.3) is 0 Å². The first-order chi connectivity index (χ1) is 12.5. The molecule has 0 spiro atoms. The molecule has 0 fully saturated rings. The second-order valence-corrected chi connectivity index (χ2v) is 7.29. The largest absolute Gasteiger partial charge is 0.416 e. The lowest BCUT2D eigenvalue weighted by atomic mass is 10.00. The summed E-state index contributed by atoms with van der Waals surface area (Å²) in [6, 6.07) is 10.4. The number of nitrogens with two attached hydrogens (primary N) is 1. The van der Waals surface area contributed by atoms with Crippen LogP contribution in [-0.2, 0) is 12.6 Å². The average molecular weight is 418 g/mol. The molecule has 0 saturated carbocycles. The van der Waals surface area contributed by atoms with Crippen molar-refractivity contribution in [1.29, 1.82) is 0 Å². The molecule has 0 aliphatic carbocycles. The van der Waals surface area contributed by atoms with E-state index in [1.807, 2.05) is 24.3 Å². The van der Waals surface area contributed by atoms with Crippen molar-refractivity contribution in [3.63, 3.8) is 0 Å². The summed E-state index contributed by atoms with van der Waals surface area (Å²) in [5, 5.41) is 6.39. The molecule has 0 radical (unpaired) electrons. The average Bonchev–Trinajstić information content (AvgIpc) is 2.62. The van der Waals surface area contributed by atoms with E-state index < -0.39 is 11.7 Å². The minimum Gasteiger partial charge on any atom is -0.385 e. The van der Waals surface area contributed by atoms with Gasteiger partial charge in [0.15, 0.2) is 0 Å². The number of nitrogens with one attached hydrogen (secondary N) is 2. The predicted molar refractivity (Wildman–Crippen MR) is 107 cm³/mol. The fourth-order valence-electron chi connectivity index (χ4n) is 2.96. The van der Waals surface area contributed by atoms with E-state index in [4.69, 9.17) is 5.73 Å². The Bertz CT molecular complexity index is 768. The molecule has 148 valence electrons. The molecular formula is C19H23ClF3N3S. The van der Waals surface area contributed by atoms with Gasteiger partial charge >= 0.3 is 6.18 Å². The van der Waals surface area contributed by atoms with E-state index in [1.54, 1.807) is 0 Å². The van der Waals surface area contributed by atoms with Gasteiger partial charge < -0.3 is 16.4 Å². The molecule has 0 bridgehead atoms. The molecule has 0 unspecified atom stereocenters. The van der Waals surface area contributed by atoms with Crippen LogP contribution in [0.25, 0.3) is 0 Å². The highest BCUT2D eigenvalue weighted by Gasteiger charge is 2.33. The molecule has 2 aromatic carbocycles. The summed E-state index contributed by atoms with van der Waals surface area (Å²) in [6.45, 7) is 2.71. The van der Waals surface area contributed by atoms with Crippen LogP contribution in [0.4, 0.5) is 18.9 Å². The third-order valence-electron chi connectivity index (χ3n) is 4.26. The van der Waals surface area contributed by atoms with Crippen molar-refractivity contribution in [1.82, 2.24) is 5.32 Å². The number of hydrogen-bond acceptors (Lipinski definition) is 4. The lowest BCUT2D eigenvalue weighted by molar-refractivity contribution is -0.137. The van der Waals surface area contributed by atoms with Crippen molar-refractivity contribution < 1.29 is 13.2 Å². The van der Waals surface area contributed by atoms with Crippen molar-refractivity contribution in [3.05, 3.63) is 53.1 Å². The quantitative estimate of drug-likeness (QED) is 0.494. The first kappa shape index (κ1) is 21.9. The number of benzene rings is 2. The van der Waals surface area contributed by atoms with Gasteiger partial charge in [0.1, 0.15) is 0 Å². The molecule has 3 nitrogen and oxygen atoms in total. The maximum atomic E-state index is 13.3. The molecular weight excluding hydrogens is 395 g/mol. The van der Waals surface area contributed by atoms with Crippen LogP contribution in [0.2, 0.25) is 0 Å². The number of halogens is 4. The summed E-state index contributed by atoms with van der Waals surface area (Å²) in [5.74, 6) is 0. The van der Waals surface area contributed by atoms with E-state index in [9.17, 15) is 13.2 Å². The Morgan fingerprint density at radius 2 is 1.81 bits per heavy atom. The number of fused-ring (bicyclic) bond motifs is 2. The van der Waals surface area contributed by atoms with Crippen LogP contribution in [-0.4, -0.2) is 26.2 Å². The lowest BCUT2D eigenvalue weighted by Crippen LogP contribution is -2.24. The van der Waals surface area contributed by atoms with E-state index >= 15 is 0 Å². The monoisotopic (exact) mass is 417 g/mol. The smallest absolute Gasteiger partial charge is 0.385 e. The SMILES string of the molecule is Cl.NCCNCCCNc1cc(C(F)(F)F)cc2c1Cc1ccccc1S2. The zero-order valence-electron chi connectivity index (χ0n) is 14.7. The Kier molecular flexibility index (Phi) is 7.85. The van der Waals surface area contributed by atoms with Crippen LogP contribution in [0.1, 0.15) is 23.1 Å². The molecule has 8 heteroatoms. The van der Waals surface area contributed by atoms with Gasteiger partial charge in [0.05, 0.1) is 5.56 Å². The molecule has 0 aromatic heterocycles. The summed E-state index contributed by atoms with van der Waals surface area (Å²) in [5.41, 5.74) is 7.49. The Hall–Kier alpha value is -1.41. The normalized spacial score (nSPS) is 12.7. The van der Waals surface area contributed by atoms with Crippen LogP contribution in [0, 0.1) is 0 Å². The predicted octanol–water partition coefficient (Wildman–Crippen LogP) is 4.53. The minimum absolute atomic E-state index is 0. The summed E-state index contributed by atoms with van der Waals surface area (Å²) in [7, 11) is 0. The summed E-state index contributed by atoms with van der Waals surface area (Å²) < 4.78 is 39.9. The van der Waals surface area contributed by atoms with Gasteiger partial charge in [0, 0.05) is 41.5 Å². The van der Waals surface area contributed by atoms with E-state index in [2.05, 4.69) is 10.6 Å². The standard InChI is InChI=1S/C19H22F3N3S.ClH/c20-19(21,22)14-11-16(25-8-3-7-24-9-6-23)15-10-13-4-1-2-5-17(13)26-18(15)12-14;/h1-2,4-5,11-12,24-25H,3,6-10,23H2;1H. The molecule has 2 aromatic rings. The van der Waals surface area contributed by atoms with E-state index in [-0.39, 0.29) is 12.4 Å². The van der Waals surface area contributed by atoms with Gasteiger partial charge in [-0.25, -0.2) is 0 Å². The number of alkyl halides is 3. The molecule has 0 atom stereocenters.